The Hall–Kier alpha value is -10.7. The number of morpholine rings is 8. The molecule has 6 unspecified atom stereocenters. The van der Waals surface area contributed by atoms with E-state index in [4.69, 9.17) is 70.8 Å². The van der Waals surface area contributed by atoms with Crippen molar-refractivity contribution in [3.8, 4) is 45.6 Å². The minimum absolute atomic E-state index is 0.0231. The lowest BCUT2D eigenvalue weighted by atomic mass is 10.1. The van der Waals surface area contributed by atoms with Gasteiger partial charge in [0.05, 0.1) is 148 Å². The molecule has 630 valence electrons. The van der Waals surface area contributed by atoms with E-state index < -0.39 is 31.4 Å². The average Bonchev–Trinajstić information content (AvgIpc) is 1.54. The normalized spacial score (nSPS) is 22.5. The lowest BCUT2D eigenvalue weighted by Crippen LogP contribution is -2.48. The molecule has 0 amide bonds. The molecule has 0 aromatic carbocycles. The number of anilines is 12. The maximum Gasteiger partial charge on any atom is 0.281 e. The second kappa shape index (κ2) is 36.7. The molecule has 0 spiro atoms. The van der Waals surface area contributed by atoms with E-state index >= 15 is 0 Å². The number of pyridine rings is 3. The van der Waals surface area contributed by atoms with Crippen molar-refractivity contribution in [3.63, 3.8) is 0 Å². The van der Waals surface area contributed by atoms with Crippen molar-refractivity contribution in [2.75, 3.05) is 233 Å². The molecule has 11 aliphatic rings. The van der Waals surface area contributed by atoms with Crippen LogP contribution in [-0.4, -0.2) is 292 Å². The van der Waals surface area contributed by atoms with Gasteiger partial charge >= 0.3 is 0 Å². The summed E-state index contributed by atoms with van der Waals surface area (Å²) in [5.74, 6) is 4.16. The van der Waals surface area contributed by atoms with Gasteiger partial charge in [0.15, 0.2) is 23.3 Å². The molecule has 19 heterocycles. The zero-order valence-corrected chi connectivity index (χ0v) is 64.2. The number of hydrogen-bond donors (Lipinski definition) is 4. The molecule has 8 aromatic heterocycles. The van der Waals surface area contributed by atoms with Gasteiger partial charge in [-0.25, -0.2) is 60.0 Å². The van der Waals surface area contributed by atoms with Crippen molar-refractivity contribution in [2.45, 2.75) is 100 Å². The highest BCUT2D eigenvalue weighted by Gasteiger charge is 2.44. The maximum absolute atomic E-state index is 13.9. The highest BCUT2D eigenvalue weighted by atomic mass is 19.3. The van der Waals surface area contributed by atoms with Crippen LogP contribution in [0.4, 0.5) is 106 Å². The lowest BCUT2D eigenvalue weighted by molar-refractivity contribution is 0.0885. The Kier molecular flexibility index (Phi) is 25.2. The number of hydrogen-bond acceptors (Lipinski definition) is 37. The highest BCUT2D eigenvalue weighted by molar-refractivity contribution is 5.68. The first kappa shape index (κ1) is 81.1. The fraction of sp³-hybridized carbons (Fsp3) is 0.575. The second-order valence-electron chi connectivity index (χ2n) is 29.3. The van der Waals surface area contributed by atoms with Gasteiger partial charge in [0.25, 0.3) is 25.7 Å². The predicted molar refractivity (Wildman–Crippen MR) is 413 cm³/mol. The van der Waals surface area contributed by atoms with E-state index in [1.807, 2.05) is 24.5 Å². The number of ether oxygens (including phenoxy) is 8. The van der Waals surface area contributed by atoms with Gasteiger partial charge in [-0.2, -0.15) is 59.8 Å². The van der Waals surface area contributed by atoms with Crippen LogP contribution in [-0.2, 0) is 37.9 Å². The minimum atomic E-state index is -2.84. The van der Waals surface area contributed by atoms with Gasteiger partial charge in [0, 0.05) is 124 Å². The van der Waals surface area contributed by atoms with Crippen molar-refractivity contribution in [1.82, 2.24) is 84.7 Å². The molecule has 8 aromatic rings. The summed E-state index contributed by atoms with van der Waals surface area (Å²) in [6, 6.07) is 4.60. The fourth-order valence-electron chi connectivity index (χ4n) is 15.9. The van der Waals surface area contributed by atoms with Gasteiger partial charge in [-0.3, -0.25) is 0 Å². The van der Waals surface area contributed by atoms with Crippen molar-refractivity contribution in [1.29, 1.82) is 0 Å². The Morgan fingerprint density at radius 2 is 0.500 bits per heavy atom. The number of fused-ring (bicyclic) bond motifs is 6. The van der Waals surface area contributed by atoms with Gasteiger partial charge < -0.3 is 100 Å². The molecular formula is C73H89F8N29O8. The molecule has 45 heteroatoms. The molecule has 8 N–H and O–H groups in total. The number of nitrogen functional groups attached to an aromatic ring is 4. The minimum Gasteiger partial charge on any atom is -0.384 e. The van der Waals surface area contributed by atoms with E-state index in [2.05, 4.69) is 89.5 Å². The number of nitrogens with two attached hydrogens (primary N) is 4. The molecule has 0 saturated carbocycles. The molecule has 6 atom stereocenters. The Bertz CT molecular complexity index is 4470. The Morgan fingerprint density at radius 3 is 0.754 bits per heavy atom. The lowest BCUT2D eigenvalue weighted by Gasteiger charge is -2.37. The van der Waals surface area contributed by atoms with E-state index in [9.17, 15) is 35.1 Å². The fourth-order valence-corrected chi connectivity index (χ4v) is 15.9. The van der Waals surface area contributed by atoms with Crippen molar-refractivity contribution in [2.24, 2.45) is 0 Å². The third-order valence-corrected chi connectivity index (χ3v) is 21.9. The molecule has 19 rings (SSSR count). The van der Waals surface area contributed by atoms with Crippen LogP contribution >= 0.6 is 0 Å². The summed E-state index contributed by atoms with van der Waals surface area (Å²) >= 11 is 0. The molecule has 0 aliphatic carbocycles. The van der Waals surface area contributed by atoms with Crippen LogP contribution in [0.15, 0.2) is 43.0 Å². The summed E-state index contributed by atoms with van der Waals surface area (Å²) in [5.41, 5.74) is 21.7. The monoisotopic (exact) mass is 1650 g/mol. The molecule has 0 radical (unpaired) electrons. The molecular weight excluding hydrogens is 1560 g/mol. The number of halogens is 8. The van der Waals surface area contributed by atoms with E-state index in [1.165, 1.54) is 36.9 Å². The van der Waals surface area contributed by atoms with Crippen LogP contribution in [0.2, 0.25) is 0 Å². The largest absolute Gasteiger partial charge is 0.384 e. The summed E-state index contributed by atoms with van der Waals surface area (Å²) in [6.45, 7) is 15.3. The summed E-state index contributed by atoms with van der Waals surface area (Å²) in [5, 5.41) is 0. The van der Waals surface area contributed by atoms with E-state index in [0.29, 0.717) is 219 Å². The first-order valence-electron chi connectivity index (χ1n) is 39.2. The van der Waals surface area contributed by atoms with Crippen LogP contribution in [0, 0.1) is 0 Å². The van der Waals surface area contributed by atoms with Gasteiger partial charge in [-0.15, -0.1) is 0 Å². The molecule has 37 nitrogen and oxygen atoms in total. The Balaban J connectivity index is 0.000000118. The quantitative estimate of drug-likeness (QED) is 0.0868. The molecule has 118 heavy (non-hydrogen) atoms. The summed E-state index contributed by atoms with van der Waals surface area (Å²) < 4.78 is 153. The zero-order chi connectivity index (χ0) is 81.5. The maximum atomic E-state index is 13.9. The van der Waals surface area contributed by atoms with Crippen molar-refractivity contribution < 1.29 is 73.0 Å². The van der Waals surface area contributed by atoms with Gasteiger partial charge in [-0.05, 0) is 56.7 Å². The third kappa shape index (κ3) is 18.3. The van der Waals surface area contributed by atoms with E-state index in [-0.39, 0.29) is 122 Å². The third-order valence-electron chi connectivity index (χ3n) is 21.9. The van der Waals surface area contributed by atoms with Crippen LogP contribution in [0.5, 0.6) is 0 Å². The van der Waals surface area contributed by atoms with Crippen molar-refractivity contribution >= 4 is 71.0 Å². The molecule has 11 fully saturated rings. The van der Waals surface area contributed by atoms with Gasteiger partial charge in [0.2, 0.25) is 53.5 Å². The summed E-state index contributed by atoms with van der Waals surface area (Å²) in [7, 11) is 0. The predicted octanol–water partition coefficient (Wildman–Crippen LogP) is 5.49. The molecule has 11 aliphatic heterocycles. The molecule has 11 saturated heterocycles. The summed E-state index contributed by atoms with van der Waals surface area (Å²) in [4.78, 5) is 90.9. The number of aromatic nitrogens is 17. The van der Waals surface area contributed by atoms with Gasteiger partial charge in [0.1, 0.15) is 23.1 Å². The zero-order valence-electron chi connectivity index (χ0n) is 64.2. The van der Waals surface area contributed by atoms with Gasteiger partial charge in [-0.1, -0.05) is 0 Å². The standard InChI is InChI=1S/C21H25F2N7O2.C19H23F2N7O2.C17H21F2N7O2.C16H20F2N8O2/c22-18(23)15-5-17(24)25-6-16(15)19-26-20(29-11-1-2-12(29)8-31-7-11)28-21(27-19)30-13-3-4-14(30)10-32-9-13;20-16(21)13-7-15(22)23-8-14(13)17-24-18(27-3-5-29-6-4-27)26-19(25-17)28-11-1-2-12(28)10-30-9-11;18-14(19)11-9-13(20)21-10-12(11)15-22-16(25-1-5-27-6-2-25)24-17(23-15)26-3-7-28-8-4-26;17-12(18)11-10(9-20-14(19)21-11)13-22-15(25-1-5-27-6-2-25)24-16(23-13)26-3-7-28-8-4-26/h5-6,11-14,18H,1-4,7-10H2,(H2,24,25);7-8,11-12,16H,1-6,9-10H2,(H2,22,23);9-10,14H,1-8H2,(H2,20,21);9,12H,1-8H2,(H2,19,20,21). The van der Waals surface area contributed by atoms with E-state index in [1.54, 1.807) is 0 Å². The van der Waals surface area contributed by atoms with Crippen LogP contribution in [0.25, 0.3) is 45.6 Å². The van der Waals surface area contributed by atoms with Crippen LogP contribution in [0.1, 0.15) is 86.6 Å². The van der Waals surface area contributed by atoms with Crippen LogP contribution < -0.4 is 62.1 Å². The first-order chi connectivity index (χ1) is 57.4. The average molecular weight is 1650 g/mol. The number of alkyl halides is 8. The van der Waals surface area contributed by atoms with Crippen molar-refractivity contribution in [3.05, 3.63) is 65.4 Å². The number of rotatable bonds is 16. The first-order valence-corrected chi connectivity index (χ1v) is 39.2. The SMILES string of the molecule is Nc1cc(C(F)F)c(-c2nc(N3C4CCC3COC4)nc(N3C4CCC3COC4)n2)cn1.Nc1cc(C(F)F)c(-c2nc(N3CCOCC3)nc(N3C4CCC3COC4)n2)cn1.Nc1cc(C(F)F)c(-c2nc(N3CCOCC3)nc(N3CCOCC3)n2)cn1.Nc1ncc(-c2nc(N3CCOCC3)nc(N3CCOCC3)n2)c(C(F)F)n1. The Morgan fingerprint density at radius 1 is 0.271 bits per heavy atom. The number of nitrogens with zero attached hydrogens (tertiary/aromatic N) is 25. The van der Waals surface area contributed by atoms with E-state index in [0.717, 1.165) is 44.6 Å². The summed E-state index contributed by atoms with van der Waals surface area (Å²) in [6.07, 6.45) is 0.115. The Labute approximate surface area is 671 Å². The second-order valence-corrected chi connectivity index (χ2v) is 29.3. The molecule has 6 bridgehead atoms. The smallest absolute Gasteiger partial charge is 0.281 e. The van der Waals surface area contributed by atoms with Crippen LogP contribution in [0.3, 0.4) is 0 Å². The highest BCUT2D eigenvalue weighted by Crippen LogP contribution is 2.42. The topological polar surface area (TPSA) is 423 Å².